The Morgan fingerprint density at radius 1 is 1.39 bits per heavy atom. The van der Waals surface area contributed by atoms with Crippen molar-refractivity contribution in [3.63, 3.8) is 0 Å². The van der Waals surface area contributed by atoms with Gasteiger partial charge in [-0.3, -0.25) is 4.79 Å². The van der Waals surface area contributed by atoms with Crippen molar-refractivity contribution >= 4 is 11.6 Å². The third kappa shape index (κ3) is 1.98. The van der Waals surface area contributed by atoms with Crippen LogP contribution in [0.3, 0.4) is 0 Å². The Morgan fingerprint density at radius 3 is 3.11 bits per heavy atom. The Kier molecular flexibility index (Phi) is 2.98. The molecule has 0 radical (unpaired) electrons. The summed E-state index contributed by atoms with van der Waals surface area (Å²) in [7, 11) is 0. The summed E-state index contributed by atoms with van der Waals surface area (Å²) in [6.45, 7) is 4.06. The molecule has 0 saturated carbocycles. The van der Waals surface area contributed by atoms with Crippen LogP contribution in [0.25, 0.3) is 0 Å². The van der Waals surface area contributed by atoms with Crippen molar-refractivity contribution in [3.8, 4) is 0 Å². The van der Waals surface area contributed by atoms with Crippen molar-refractivity contribution in [3.05, 3.63) is 29.3 Å². The number of piperidine rings is 1. The molecule has 0 aromatic heterocycles. The summed E-state index contributed by atoms with van der Waals surface area (Å²) in [6.07, 6.45) is 4.59. The molecule has 0 bridgehead atoms. The Labute approximate surface area is 108 Å². The average Bonchev–Trinajstić information content (AvgIpc) is 2.85. The van der Waals surface area contributed by atoms with Gasteiger partial charge in [0.15, 0.2) is 0 Å². The van der Waals surface area contributed by atoms with Gasteiger partial charge >= 0.3 is 0 Å². The Morgan fingerprint density at radius 2 is 2.28 bits per heavy atom. The summed E-state index contributed by atoms with van der Waals surface area (Å²) < 4.78 is 0. The number of anilines is 1. The molecule has 2 aliphatic heterocycles. The maximum atomic E-state index is 12.5. The lowest BCUT2D eigenvalue weighted by molar-refractivity contribution is 0.0635. The lowest BCUT2D eigenvalue weighted by Crippen LogP contribution is -2.42. The third-order valence-electron chi connectivity index (χ3n) is 4.13. The SMILES string of the molecule is CC1CCCCN1C(=O)c1ccc2c(c1)NCC2. The van der Waals surface area contributed by atoms with Crippen molar-refractivity contribution < 1.29 is 4.79 Å². The van der Waals surface area contributed by atoms with Gasteiger partial charge in [-0.25, -0.2) is 0 Å². The molecule has 1 unspecified atom stereocenters. The third-order valence-corrected chi connectivity index (χ3v) is 4.13. The highest BCUT2D eigenvalue weighted by atomic mass is 16.2. The fourth-order valence-corrected chi connectivity index (χ4v) is 2.99. The van der Waals surface area contributed by atoms with E-state index in [1.807, 2.05) is 17.0 Å². The van der Waals surface area contributed by atoms with Gasteiger partial charge in [-0.15, -0.1) is 0 Å². The first kappa shape index (κ1) is 11.6. The van der Waals surface area contributed by atoms with Crippen LogP contribution in [0.4, 0.5) is 5.69 Å². The minimum absolute atomic E-state index is 0.193. The molecule has 0 aliphatic carbocycles. The number of hydrogen-bond donors (Lipinski definition) is 1. The van der Waals surface area contributed by atoms with Gasteiger partial charge in [0.2, 0.25) is 0 Å². The molecular formula is C15H20N2O. The highest BCUT2D eigenvalue weighted by Crippen LogP contribution is 2.25. The van der Waals surface area contributed by atoms with Crippen LogP contribution in [0.15, 0.2) is 18.2 Å². The van der Waals surface area contributed by atoms with E-state index in [4.69, 9.17) is 0 Å². The maximum absolute atomic E-state index is 12.5. The maximum Gasteiger partial charge on any atom is 0.254 e. The van der Waals surface area contributed by atoms with E-state index in [0.29, 0.717) is 6.04 Å². The van der Waals surface area contributed by atoms with Crippen LogP contribution in [-0.4, -0.2) is 29.9 Å². The van der Waals surface area contributed by atoms with E-state index < -0.39 is 0 Å². The van der Waals surface area contributed by atoms with Gasteiger partial charge in [0, 0.05) is 30.4 Å². The number of benzene rings is 1. The number of hydrogen-bond acceptors (Lipinski definition) is 2. The highest BCUT2D eigenvalue weighted by molar-refractivity contribution is 5.95. The first-order valence-corrected chi connectivity index (χ1v) is 6.93. The number of fused-ring (bicyclic) bond motifs is 1. The second-order valence-corrected chi connectivity index (χ2v) is 5.39. The van der Waals surface area contributed by atoms with Crippen LogP contribution >= 0.6 is 0 Å². The van der Waals surface area contributed by atoms with Crippen LogP contribution in [0.5, 0.6) is 0 Å². The number of carbonyl (C=O) groups excluding carboxylic acids is 1. The quantitative estimate of drug-likeness (QED) is 0.823. The van der Waals surface area contributed by atoms with E-state index in [1.54, 1.807) is 0 Å². The molecule has 2 aliphatic rings. The van der Waals surface area contributed by atoms with E-state index in [1.165, 1.54) is 12.0 Å². The zero-order chi connectivity index (χ0) is 12.5. The highest BCUT2D eigenvalue weighted by Gasteiger charge is 2.25. The summed E-state index contributed by atoms with van der Waals surface area (Å²) >= 11 is 0. The minimum Gasteiger partial charge on any atom is -0.384 e. The Hall–Kier alpha value is -1.51. The van der Waals surface area contributed by atoms with Crippen LogP contribution < -0.4 is 5.32 Å². The van der Waals surface area contributed by atoms with Crippen molar-refractivity contribution in [2.75, 3.05) is 18.4 Å². The number of carbonyl (C=O) groups is 1. The number of rotatable bonds is 1. The normalized spacial score (nSPS) is 22.5. The Bertz CT molecular complexity index is 470. The van der Waals surface area contributed by atoms with Gasteiger partial charge < -0.3 is 10.2 Å². The van der Waals surface area contributed by atoms with Gasteiger partial charge in [0.05, 0.1) is 0 Å². The zero-order valence-corrected chi connectivity index (χ0v) is 10.9. The minimum atomic E-state index is 0.193. The van der Waals surface area contributed by atoms with E-state index >= 15 is 0 Å². The van der Waals surface area contributed by atoms with E-state index in [0.717, 1.165) is 43.6 Å². The molecule has 1 saturated heterocycles. The first-order chi connectivity index (χ1) is 8.75. The monoisotopic (exact) mass is 244 g/mol. The predicted octanol–water partition coefficient (Wildman–Crippen LogP) is 2.67. The van der Waals surface area contributed by atoms with Crippen molar-refractivity contribution in [1.29, 1.82) is 0 Å². The number of likely N-dealkylation sites (tertiary alicyclic amines) is 1. The summed E-state index contributed by atoms with van der Waals surface area (Å²) in [5.41, 5.74) is 3.31. The molecule has 3 nitrogen and oxygen atoms in total. The smallest absolute Gasteiger partial charge is 0.254 e. The fourth-order valence-electron chi connectivity index (χ4n) is 2.99. The van der Waals surface area contributed by atoms with Gasteiger partial charge in [-0.2, -0.15) is 0 Å². The second-order valence-electron chi connectivity index (χ2n) is 5.39. The van der Waals surface area contributed by atoms with Gasteiger partial charge in [0.1, 0.15) is 0 Å². The molecular weight excluding hydrogens is 224 g/mol. The molecule has 3 rings (SSSR count). The Balaban J connectivity index is 1.83. The van der Waals surface area contributed by atoms with E-state index in [-0.39, 0.29) is 5.91 Å². The van der Waals surface area contributed by atoms with Crippen LogP contribution in [-0.2, 0) is 6.42 Å². The predicted molar refractivity (Wildman–Crippen MR) is 73.0 cm³/mol. The van der Waals surface area contributed by atoms with Crippen molar-refractivity contribution in [2.45, 2.75) is 38.6 Å². The molecule has 18 heavy (non-hydrogen) atoms. The summed E-state index contributed by atoms with van der Waals surface area (Å²) in [5.74, 6) is 0.193. The molecule has 1 N–H and O–H groups in total. The summed E-state index contributed by atoms with van der Waals surface area (Å²) in [5, 5.41) is 3.34. The fraction of sp³-hybridized carbons (Fsp3) is 0.533. The average molecular weight is 244 g/mol. The molecule has 2 heterocycles. The lowest BCUT2D eigenvalue weighted by atomic mass is 10.0. The molecule has 1 aromatic carbocycles. The number of amides is 1. The molecule has 3 heteroatoms. The molecule has 0 spiro atoms. The molecule has 1 fully saturated rings. The topological polar surface area (TPSA) is 32.3 Å². The number of nitrogens with one attached hydrogen (secondary N) is 1. The zero-order valence-electron chi connectivity index (χ0n) is 10.9. The molecule has 96 valence electrons. The van der Waals surface area contributed by atoms with Gasteiger partial charge in [0.25, 0.3) is 5.91 Å². The summed E-state index contributed by atoms with van der Waals surface area (Å²) in [6, 6.07) is 6.48. The van der Waals surface area contributed by atoms with Crippen LogP contribution in [0.2, 0.25) is 0 Å². The second kappa shape index (κ2) is 4.63. The van der Waals surface area contributed by atoms with Crippen LogP contribution in [0.1, 0.15) is 42.1 Å². The molecule has 1 atom stereocenters. The van der Waals surface area contributed by atoms with E-state index in [9.17, 15) is 4.79 Å². The molecule has 1 amide bonds. The first-order valence-electron chi connectivity index (χ1n) is 6.93. The van der Waals surface area contributed by atoms with Gasteiger partial charge in [-0.1, -0.05) is 6.07 Å². The van der Waals surface area contributed by atoms with E-state index in [2.05, 4.69) is 18.3 Å². The standard InChI is InChI=1S/C15H20N2O/c1-11-4-2-3-9-17(11)15(18)13-6-5-12-7-8-16-14(12)10-13/h5-6,10-11,16H,2-4,7-9H2,1H3. The lowest BCUT2D eigenvalue weighted by Gasteiger charge is -2.33. The van der Waals surface area contributed by atoms with Crippen molar-refractivity contribution in [2.24, 2.45) is 0 Å². The number of nitrogens with zero attached hydrogens (tertiary/aromatic N) is 1. The molecule has 1 aromatic rings. The van der Waals surface area contributed by atoms with Crippen molar-refractivity contribution in [1.82, 2.24) is 4.90 Å². The van der Waals surface area contributed by atoms with Gasteiger partial charge in [-0.05, 0) is 50.3 Å². The summed E-state index contributed by atoms with van der Waals surface area (Å²) in [4.78, 5) is 14.5. The van der Waals surface area contributed by atoms with Crippen LogP contribution in [0, 0.1) is 0 Å². The largest absolute Gasteiger partial charge is 0.384 e.